The average Bonchev–Trinajstić information content (AvgIpc) is 2.79. The van der Waals surface area contributed by atoms with Crippen LogP contribution in [0.2, 0.25) is 5.02 Å². The van der Waals surface area contributed by atoms with Crippen LogP contribution in [0.5, 0.6) is 0 Å². The Hall–Kier alpha value is -1.85. The maximum atomic E-state index is 12.6. The van der Waals surface area contributed by atoms with Crippen molar-refractivity contribution in [1.29, 1.82) is 0 Å². The summed E-state index contributed by atoms with van der Waals surface area (Å²) < 4.78 is 0.893. The van der Waals surface area contributed by atoms with Crippen LogP contribution in [-0.2, 0) is 9.59 Å². The Balaban J connectivity index is 1.80. The molecule has 0 radical (unpaired) electrons. The van der Waals surface area contributed by atoms with E-state index in [1.807, 2.05) is 19.1 Å². The van der Waals surface area contributed by atoms with Gasteiger partial charge in [0.2, 0.25) is 5.91 Å². The maximum Gasteiger partial charge on any atom is 0.256 e. The third-order valence-electron chi connectivity index (χ3n) is 3.74. The molecular formula is C17H14BrClN2O2. The minimum Gasteiger partial charge on any atom is -0.373 e. The van der Waals surface area contributed by atoms with Crippen molar-refractivity contribution in [2.24, 2.45) is 0 Å². The van der Waals surface area contributed by atoms with Crippen LogP contribution in [0.15, 0.2) is 46.9 Å². The van der Waals surface area contributed by atoms with Gasteiger partial charge in [0.15, 0.2) is 0 Å². The SMILES string of the molecule is Cc1ccc(N[C@@H]2CC(=O)N(c3ccc(Br)cc3)C2=O)cc1Cl. The Kier molecular flexibility index (Phi) is 4.41. The second-order valence-electron chi connectivity index (χ2n) is 5.41. The summed E-state index contributed by atoms with van der Waals surface area (Å²) in [6, 6.07) is 12.0. The molecule has 1 heterocycles. The topological polar surface area (TPSA) is 49.4 Å². The van der Waals surface area contributed by atoms with Gasteiger partial charge in [-0.15, -0.1) is 0 Å². The number of aryl methyl sites for hydroxylation is 1. The number of carbonyl (C=O) groups excluding carboxylic acids is 2. The van der Waals surface area contributed by atoms with E-state index in [1.165, 1.54) is 4.90 Å². The van der Waals surface area contributed by atoms with Crippen LogP contribution >= 0.6 is 27.5 Å². The Bertz CT molecular complexity index is 777. The lowest BCUT2D eigenvalue weighted by atomic mass is 10.2. The predicted octanol–water partition coefficient (Wildman–Crippen LogP) is 4.15. The molecular weight excluding hydrogens is 380 g/mol. The summed E-state index contributed by atoms with van der Waals surface area (Å²) >= 11 is 9.44. The molecule has 4 nitrogen and oxygen atoms in total. The Morgan fingerprint density at radius 3 is 2.52 bits per heavy atom. The lowest BCUT2D eigenvalue weighted by Gasteiger charge is -2.16. The van der Waals surface area contributed by atoms with Crippen LogP contribution in [-0.4, -0.2) is 17.9 Å². The van der Waals surface area contributed by atoms with E-state index in [2.05, 4.69) is 21.2 Å². The number of rotatable bonds is 3. The van der Waals surface area contributed by atoms with E-state index >= 15 is 0 Å². The van der Waals surface area contributed by atoms with Crippen LogP contribution in [0.4, 0.5) is 11.4 Å². The van der Waals surface area contributed by atoms with Gasteiger partial charge < -0.3 is 5.32 Å². The van der Waals surface area contributed by atoms with E-state index in [1.54, 1.807) is 30.3 Å². The van der Waals surface area contributed by atoms with Gasteiger partial charge in [0, 0.05) is 15.2 Å². The van der Waals surface area contributed by atoms with Crippen LogP contribution in [0.3, 0.4) is 0 Å². The highest BCUT2D eigenvalue weighted by molar-refractivity contribution is 9.10. The third kappa shape index (κ3) is 3.26. The Labute approximate surface area is 147 Å². The van der Waals surface area contributed by atoms with Crippen molar-refractivity contribution in [2.75, 3.05) is 10.2 Å². The molecule has 23 heavy (non-hydrogen) atoms. The number of halogens is 2. The molecule has 3 rings (SSSR count). The molecule has 6 heteroatoms. The van der Waals surface area contributed by atoms with Crippen LogP contribution in [0.1, 0.15) is 12.0 Å². The fourth-order valence-corrected chi connectivity index (χ4v) is 2.93. The molecule has 2 aromatic carbocycles. The van der Waals surface area contributed by atoms with Gasteiger partial charge in [0.05, 0.1) is 12.1 Å². The second kappa shape index (κ2) is 6.34. The number of nitrogens with zero attached hydrogens (tertiary/aromatic N) is 1. The summed E-state index contributed by atoms with van der Waals surface area (Å²) in [5.74, 6) is -0.470. The van der Waals surface area contributed by atoms with Crippen molar-refractivity contribution >= 4 is 50.7 Å². The lowest BCUT2D eigenvalue weighted by Crippen LogP contribution is -2.34. The number of nitrogens with one attached hydrogen (secondary N) is 1. The molecule has 118 valence electrons. The molecule has 1 atom stereocenters. The molecule has 0 spiro atoms. The zero-order valence-electron chi connectivity index (χ0n) is 12.3. The molecule has 0 aliphatic carbocycles. The molecule has 1 saturated heterocycles. The van der Waals surface area contributed by atoms with E-state index in [9.17, 15) is 9.59 Å². The molecule has 1 fully saturated rings. The van der Waals surface area contributed by atoms with Crippen LogP contribution in [0, 0.1) is 6.92 Å². The number of carbonyl (C=O) groups is 2. The number of imide groups is 1. The minimum atomic E-state index is -0.579. The minimum absolute atomic E-state index is 0.125. The van der Waals surface area contributed by atoms with Crippen LogP contribution in [0.25, 0.3) is 0 Å². The van der Waals surface area contributed by atoms with Gasteiger partial charge in [-0.05, 0) is 48.9 Å². The summed E-state index contributed by atoms with van der Waals surface area (Å²) in [6.07, 6.45) is 0.125. The van der Waals surface area contributed by atoms with Gasteiger partial charge in [-0.3, -0.25) is 9.59 Å². The first-order valence-corrected chi connectivity index (χ1v) is 8.28. The Morgan fingerprint density at radius 1 is 1.17 bits per heavy atom. The van der Waals surface area contributed by atoms with E-state index < -0.39 is 6.04 Å². The smallest absolute Gasteiger partial charge is 0.256 e. The van der Waals surface area contributed by atoms with E-state index in [0.717, 1.165) is 15.7 Å². The first-order chi connectivity index (χ1) is 11.0. The van der Waals surface area contributed by atoms with Gasteiger partial charge in [0.1, 0.15) is 6.04 Å². The normalized spacial score (nSPS) is 17.7. The summed E-state index contributed by atoms with van der Waals surface area (Å²) in [5.41, 5.74) is 2.27. The molecule has 1 aliphatic rings. The van der Waals surface area contributed by atoms with Gasteiger partial charge >= 0.3 is 0 Å². The molecule has 0 aromatic heterocycles. The van der Waals surface area contributed by atoms with E-state index in [0.29, 0.717) is 10.7 Å². The number of benzene rings is 2. The van der Waals surface area contributed by atoms with Crippen molar-refractivity contribution in [1.82, 2.24) is 0 Å². The Morgan fingerprint density at radius 2 is 1.87 bits per heavy atom. The van der Waals surface area contributed by atoms with E-state index in [-0.39, 0.29) is 18.2 Å². The largest absolute Gasteiger partial charge is 0.373 e. The number of amides is 2. The molecule has 0 unspecified atom stereocenters. The second-order valence-corrected chi connectivity index (χ2v) is 6.73. The molecule has 1 aliphatic heterocycles. The molecule has 1 N–H and O–H groups in total. The van der Waals surface area contributed by atoms with Crippen molar-refractivity contribution < 1.29 is 9.59 Å². The molecule has 2 amide bonds. The van der Waals surface area contributed by atoms with Crippen molar-refractivity contribution in [3.63, 3.8) is 0 Å². The first-order valence-electron chi connectivity index (χ1n) is 7.11. The number of hydrogen-bond acceptors (Lipinski definition) is 3. The van der Waals surface area contributed by atoms with Gasteiger partial charge in [-0.1, -0.05) is 33.6 Å². The molecule has 2 aromatic rings. The summed E-state index contributed by atoms with van der Waals surface area (Å²) in [5, 5.41) is 3.72. The molecule has 0 saturated carbocycles. The average molecular weight is 394 g/mol. The summed E-state index contributed by atoms with van der Waals surface area (Å²) in [6.45, 7) is 1.91. The summed E-state index contributed by atoms with van der Waals surface area (Å²) in [4.78, 5) is 26.0. The fourth-order valence-electron chi connectivity index (χ4n) is 2.49. The predicted molar refractivity (Wildman–Crippen MR) is 94.9 cm³/mol. The monoisotopic (exact) mass is 392 g/mol. The van der Waals surface area contributed by atoms with Crippen molar-refractivity contribution in [2.45, 2.75) is 19.4 Å². The van der Waals surface area contributed by atoms with Crippen LogP contribution < -0.4 is 10.2 Å². The zero-order valence-corrected chi connectivity index (χ0v) is 14.7. The lowest BCUT2D eigenvalue weighted by molar-refractivity contribution is -0.121. The van der Waals surface area contributed by atoms with Gasteiger partial charge in [0.25, 0.3) is 5.91 Å². The van der Waals surface area contributed by atoms with E-state index in [4.69, 9.17) is 11.6 Å². The quantitative estimate of drug-likeness (QED) is 0.797. The first kappa shape index (κ1) is 16.0. The zero-order chi connectivity index (χ0) is 16.6. The van der Waals surface area contributed by atoms with Crippen molar-refractivity contribution in [3.8, 4) is 0 Å². The fraction of sp³-hybridized carbons (Fsp3) is 0.176. The third-order valence-corrected chi connectivity index (χ3v) is 4.68. The highest BCUT2D eigenvalue weighted by atomic mass is 79.9. The van der Waals surface area contributed by atoms with Gasteiger partial charge in [-0.2, -0.15) is 0 Å². The van der Waals surface area contributed by atoms with Crippen molar-refractivity contribution in [3.05, 3.63) is 57.5 Å². The highest BCUT2D eigenvalue weighted by Crippen LogP contribution is 2.27. The maximum absolute atomic E-state index is 12.6. The molecule has 0 bridgehead atoms. The standard InChI is InChI=1S/C17H14BrClN2O2/c1-10-2-5-12(8-14(10)19)20-15-9-16(22)21(17(15)23)13-6-3-11(18)4-7-13/h2-8,15,20H,9H2,1H3/t15-/m1/s1. The number of hydrogen-bond donors (Lipinski definition) is 1. The number of anilines is 2. The summed E-state index contributed by atoms with van der Waals surface area (Å²) in [7, 11) is 0. The highest BCUT2D eigenvalue weighted by Gasteiger charge is 2.39. The van der Waals surface area contributed by atoms with Gasteiger partial charge in [-0.25, -0.2) is 4.90 Å².